The van der Waals surface area contributed by atoms with Gasteiger partial charge >= 0.3 is 0 Å². The molecule has 2 aromatic heterocycles. The van der Waals surface area contributed by atoms with Crippen LogP contribution in [0.25, 0.3) is 11.0 Å². The zero-order chi connectivity index (χ0) is 22.4. The summed E-state index contributed by atoms with van der Waals surface area (Å²) in [6.45, 7) is 3.91. The number of para-hydroxylation sites is 2. The highest BCUT2D eigenvalue weighted by atomic mass is 16.1. The molecule has 0 saturated carbocycles. The number of carbonyl (C=O) groups excluding carboxylic acids is 1. The number of carbonyl (C=O) groups is 1. The Kier molecular flexibility index (Phi) is 10.2. The highest BCUT2D eigenvalue weighted by Crippen LogP contribution is 2.19. The van der Waals surface area contributed by atoms with Crippen LogP contribution in [0.3, 0.4) is 0 Å². The van der Waals surface area contributed by atoms with Crippen LogP contribution in [-0.4, -0.2) is 27.0 Å². The first-order valence-corrected chi connectivity index (χ1v) is 12.4. The zero-order valence-corrected chi connectivity index (χ0v) is 19.6. The second-order valence-electron chi connectivity index (χ2n) is 8.57. The van der Waals surface area contributed by atoms with E-state index in [1.807, 2.05) is 12.1 Å². The van der Waals surface area contributed by atoms with Crippen molar-refractivity contribution in [2.45, 2.75) is 84.1 Å². The first-order valence-electron chi connectivity index (χ1n) is 12.4. The normalized spacial score (nSPS) is 11.2. The molecule has 1 amide bonds. The van der Waals surface area contributed by atoms with E-state index in [-0.39, 0.29) is 5.91 Å². The number of nitrogens with zero attached hydrogens (tertiary/aromatic N) is 3. The molecule has 0 aliphatic rings. The number of nitrogens with one attached hydrogen (secondary N) is 1. The molecule has 2 heterocycles. The molecule has 0 radical (unpaired) electrons. The number of pyridine rings is 1. The first-order chi connectivity index (χ1) is 15.8. The molecule has 3 aromatic rings. The third-order valence-electron chi connectivity index (χ3n) is 5.98. The van der Waals surface area contributed by atoms with Gasteiger partial charge in [-0.2, -0.15) is 0 Å². The lowest BCUT2D eigenvalue weighted by atomic mass is 10.1. The second kappa shape index (κ2) is 13.7. The van der Waals surface area contributed by atoms with Crippen LogP contribution in [0.5, 0.6) is 0 Å². The molecule has 1 aromatic carbocycles. The maximum atomic E-state index is 12.2. The van der Waals surface area contributed by atoms with Crippen LogP contribution in [0, 0.1) is 0 Å². The van der Waals surface area contributed by atoms with Crippen molar-refractivity contribution in [2.75, 3.05) is 6.54 Å². The molecule has 0 bridgehead atoms. The molecular weight excluding hydrogens is 396 g/mol. The fourth-order valence-electron chi connectivity index (χ4n) is 4.18. The van der Waals surface area contributed by atoms with Crippen LogP contribution in [0.2, 0.25) is 0 Å². The Morgan fingerprint density at radius 3 is 2.34 bits per heavy atom. The van der Waals surface area contributed by atoms with E-state index in [9.17, 15) is 4.79 Å². The Hall–Kier alpha value is -2.69. The van der Waals surface area contributed by atoms with Crippen LogP contribution < -0.4 is 5.32 Å². The Balaban J connectivity index is 1.44. The monoisotopic (exact) mass is 434 g/mol. The second-order valence-corrected chi connectivity index (χ2v) is 8.57. The van der Waals surface area contributed by atoms with Gasteiger partial charge in [-0.3, -0.25) is 9.78 Å². The lowest BCUT2D eigenvalue weighted by Crippen LogP contribution is -2.25. The van der Waals surface area contributed by atoms with E-state index in [0.717, 1.165) is 30.7 Å². The fraction of sp³-hybridized carbons (Fsp3) is 0.519. The molecule has 0 unspecified atom stereocenters. The average molecular weight is 435 g/mol. The fourth-order valence-corrected chi connectivity index (χ4v) is 4.18. The largest absolute Gasteiger partial charge is 0.351 e. The van der Waals surface area contributed by atoms with Crippen molar-refractivity contribution in [2.24, 2.45) is 0 Å². The van der Waals surface area contributed by atoms with E-state index in [4.69, 9.17) is 4.98 Å². The van der Waals surface area contributed by atoms with Gasteiger partial charge in [0, 0.05) is 25.7 Å². The maximum absolute atomic E-state index is 12.2. The number of aromatic nitrogens is 3. The predicted octanol–water partition coefficient (Wildman–Crippen LogP) is 6.32. The number of imidazole rings is 1. The van der Waals surface area contributed by atoms with Crippen molar-refractivity contribution in [1.82, 2.24) is 19.9 Å². The molecule has 5 heteroatoms. The standard InChI is InChI=1S/C27H38N4O/c1-2-3-4-5-6-7-8-9-14-22-31-25-18-11-10-16-23(25)30-26(31)19-15-21-29-27(32)24-17-12-13-20-28-24/h10-13,16-18,20H,2-9,14-15,19,21-22H2,1H3,(H,29,32). The average Bonchev–Trinajstić information content (AvgIpc) is 3.18. The molecule has 0 fully saturated rings. The minimum absolute atomic E-state index is 0.117. The molecule has 32 heavy (non-hydrogen) atoms. The highest BCUT2D eigenvalue weighted by molar-refractivity contribution is 5.92. The van der Waals surface area contributed by atoms with E-state index in [1.165, 1.54) is 63.3 Å². The Morgan fingerprint density at radius 1 is 0.875 bits per heavy atom. The van der Waals surface area contributed by atoms with Gasteiger partial charge in [0.1, 0.15) is 11.5 Å². The summed E-state index contributed by atoms with van der Waals surface area (Å²) in [6.07, 6.45) is 15.4. The van der Waals surface area contributed by atoms with Gasteiger partial charge in [0.05, 0.1) is 11.0 Å². The van der Waals surface area contributed by atoms with Crippen molar-refractivity contribution >= 4 is 16.9 Å². The van der Waals surface area contributed by atoms with Crippen molar-refractivity contribution < 1.29 is 4.79 Å². The molecule has 172 valence electrons. The van der Waals surface area contributed by atoms with Crippen LogP contribution in [0.4, 0.5) is 0 Å². The maximum Gasteiger partial charge on any atom is 0.269 e. The number of aryl methyl sites for hydroxylation is 2. The van der Waals surface area contributed by atoms with Crippen LogP contribution >= 0.6 is 0 Å². The lowest BCUT2D eigenvalue weighted by molar-refractivity contribution is 0.0948. The van der Waals surface area contributed by atoms with Gasteiger partial charge in [-0.1, -0.05) is 76.5 Å². The van der Waals surface area contributed by atoms with Crippen molar-refractivity contribution in [3.05, 3.63) is 60.2 Å². The molecule has 0 atom stereocenters. The summed E-state index contributed by atoms with van der Waals surface area (Å²) >= 11 is 0. The van der Waals surface area contributed by atoms with Crippen LogP contribution in [-0.2, 0) is 13.0 Å². The number of rotatable bonds is 15. The quantitative estimate of drug-likeness (QED) is 0.285. The molecule has 0 aliphatic heterocycles. The van der Waals surface area contributed by atoms with Crippen molar-refractivity contribution in [1.29, 1.82) is 0 Å². The van der Waals surface area contributed by atoms with Crippen LogP contribution in [0.1, 0.15) is 87.4 Å². The van der Waals surface area contributed by atoms with E-state index < -0.39 is 0 Å². The Bertz CT molecular complexity index is 935. The topological polar surface area (TPSA) is 59.8 Å². The minimum atomic E-state index is -0.117. The zero-order valence-electron chi connectivity index (χ0n) is 19.6. The summed E-state index contributed by atoms with van der Waals surface area (Å²) in [5.74, 6) is 1.01. The first kappa shape index (κ1) is 24.0. The summed E-state index contributed by atoms with van der Waals surface area (Å²) in [4.78, 5) is 21.2. The summed E-state index contributed by atoms with van der Waals surface area (Å²) in [5, 5.41) is 2.97. The number of benzene rings is 1. The Labute approximate surface area is 192 Å². The molecule has 0 aliphatic carbocycles. The van der Waals surface area contributed by atoms with E-state index in [1.54, 1.807) is 12.3 Å². The number of unbranched alkanes of at least 4 members (excludes halogenated alkanes) is 8. The minimum Gasteiger partial charge on any atom is -0.351 e. The smallest absolute Gasteiger partial charge is 0.269 e. The van der Waals surface area contributed by atoms with E-state index >= 15 is 0 Å². The molecule has 3 rings (SSSR count). The predicted molar refractivity (Wildman–Crippen MR) is 132 cm³/mol. The third kappa shape index (κ3) is 7.47. The van der Waals surface area contributed by atoms with E-state index in [0.29, 0.717) is 12.2 Å². The molecule has 1 N–H and O–H groups in total. The van der Waals surface area contributed by atoms with Gasteiger partial charge in [-0.05, 0) is 37.1 Å². The SMILES string of the molecule is CCCCCCCCCCCn1c(CCCNC(=O)c2ccccn2)nc2ccccc21. The molecule has 0 saturated heterocycles. The lowest BCUT2D eigenvalue weighted by Gasteiger charge is -2.10. The summed E-state index contributed by atoms with van der Waals surface area (Å²) in [5.41, 5.74) is 2.75. The van der Waals surface area contributed by atoms with Gasteiger partial charge in [-0.15, -0.1) is 0 Å². The van der Waals surface area contributed by atoms with Gasteiger partial charge in [0.25, 0.3) is 5.91 Å². The van der Waals surface area contributed by atoms with Crippen molar-refractivity contribution in [3.8, 4) is 0 Å². The summed E-state index contributed by atoms with van der Waals surface area (Å²) < 4.78 is 2.39. The molecular formula is C27H38N4O. The molecule has 5 nitrogen and oxygen atoms in total. The number of amides is 1. The highest BCUT2D eigenvalue weighted by Gasteiger charge is 2.11. The number of hydrogen-bond donors (Lipinski definition) is 1. The van der Waals surface area contributed by atoms with Gasteiger partial charge in [-0.25, -0.2) is 4.98 Å². The summed E-state index contributed by atoms with van der Waals surface area (Å²) in [7, 11) is 0. The van der Waals surface area contributed by atoms with Gasteiger partial charge < -0.3 is 9.88 Å². The van der Waals surface area contributed by atoms with Crippen LogP contribution in [0.15, 0.2) is 48.7 Å². The number of fused-ring (bicyclic) bond motifs is 1. The third-order valence-corrected chi connectivity index (χ3v) is 5.98. The van der Waals surface area contributed by atoms with Gasteiger partial charge in [0.15, 0.2) is 0 Å². The molecule has 0 spiro atoms. The Morgan fingerprint density at radius 2 is 1.59 bits per heavy atom. The summed E-state index contributed by atoms with van der Waals surface area (Å²) in [6, 6.07) is 13.8. The van der Waals surface area contributed by atoms with Crippen molar-refractivity contribution in [3.63, 3.8) is 0 Å². The van der Waals surface area contributed by atoms with Gasteiger partial charge in [0.2, 0.25) is 0 Å². The van der Waals surface area contributed by atoms with E-state index in [2.05, 4.69) is 46.1 Å². The number of hydrogen-bond acceptors (Lipinski definition) is 3.